The molecule has 4 aromatic heterocycles. The van der Waals surface area contributed by atoms with Gasteiger partial charge in [-0.15, -0.1) is 0 Å². The number of hydrogen-bond acceptors (Lipinski definition) is 6. The zero-order valence-corrected chi connectivity index (χ0v) is 19.4. The number of imidazole rings is 1. The van der Waals surface area contributed by atoms with E-state index in [1.54, 1.807) is 27.9 Å². The molecule has 0 atom stereocenters. The van der Waals surface area contributed by atoms with Crippen molar-refractivity contribution in [2.45, 2.75) is 13.1 Å². The molecular weight excluding hydrogens is 482 g/mol. The van der Waals surface area contributed by atoms with Crippen LogP contribution in [0.1, 0.15) is 21.7 Å². The molecule has 0 spiro atoms. The van der Waals surface area contributed by atoms with Crippen molar-refractivity contribution in [3.63, 3.8) is 0 Å². The predicted molar refractivity (Wildman–Crippen MR) is 131 cm³/mol. The Kier molecular flexibility index (Phi) is 6.14. The minimum absolute atomic E-state index is 0.166. The molecule has 0 saturated heterocycles. The van der Waals surface area contributed by atoms with Gasteiger partial charge in [-0.2, -0.15) is 14.6 Å². The average molecular weight is 502 g/mol. The van der Waals surface area contributed by atoms with Crippen molar-refractivity contribution in [1.29, 1.82) is 0 Å². The Balaban J connectivity index is 1.59. The maximum absolute atomic E-state index is 13.6. The molecule has 4 aromatic rings. The van der Waals surface area contributed by atoms with Crippen LogP contribution >= 0.6 is 0 Å². The molecule has 5 heterocycles. The smallest absolute Gasteiger partial charge is 0.254 e. The summed E-state index contributed by atoms with van der Waals surface area (Å²) >= 11 is 0. The van der Waals surface area contributed by atoms with Crippen molar-refractivity contribution in [1.82, 2.24) is 34.3 Å². The maximum Gasteiger partial charge on any atom is 0.254 e. The molecule has 0 unspecified atom stereocenters. The number of pyridine rings is 1. The number of amides is 2. The molecule has 0 saturated carbocycles. The number of carbonyl (C=O) groups is 2. The Morgan fingerprint density at radius 1 is 1.14 bits per heavy atom. The summed E-state index contributed by atoms with van der Waals surface area (Å²) in [4.78, 5) is 33.3. The molecule has 1 N–H and O–H groups in total. The van der Waals surface area contributed by atoms with Gasteiger partial charge in [0.1, 0.15) is 11.5 Å². The number of nitrogens with one attached hydrogen (secondary N) is 1. The second-order valence-electron chi connectivity index (χ2n) is 8.20. The first-order chi connectivity index (χ1) is 17.8. The number of hydrogen-bond donors (Lipinski definition) is 1. The molecule has 0 bridgehead atoms. The van der Waals surface area contributed by atoms with Gasteiger partial charge in [-0.05, 0) is 29.8 Å². The van der Waals surface area contributed by atoms with Crippen molar-refractivity contribution in [3.05, 3.63) is 90.7 Å². The standard InChI is InChI=1S/C25H20F2N8O2/c1-15(3-4-16(2)26)24-23(18-5-6-22-30-21(29-14-36)13-35(22)31-18)19-12-33(9-10-34(19)32-24)25(37)17-7-8-28-20(27)11-17/h3-8,11,13-14H,1-2,9-10,12H2,(H,29,36)/b4-3-. The molecule has 0 radical (unpaired) electrons. The Labute approximate surface area is 209 Å². The van der Waals surface area contributed by atoms with Gasteiger partial charge in [-0.1, -0.05) is 19.2 Å². The van der Waals surface area contributed by atoms with E-state index in [9.17, 15) is 18.4 Å². The molecular formula is C25H20F2N8O2. The summed E-state index contributed by atoms with van der Waals surface area (Å²) in [5.74, 6) is -1.40. The van der Waals surface area contributed by atoms with Gasteiger partial charge in [0.05, 0.1) is 36.2 Å². The molecule has 2 amide bonds. The zero-order chi connectivity index (χ0) is 26.1. The number of halogens is 2. The van der Waals surface area contributed by atoms with Gasteiger partial charge >= 0.3 is 0 Å². The van der Waals surface area contributed by atoms with Crippen molar-refractivity contribution in [2.75, 3.05) is 11.9 Å². The Hall–Kier alpha value is -5.00. The summed E-state index contributed by atoms with van der Waals surface area (Å²) in [5.41, 5.74) is 3.32. The molecule has 0 aliphatic carbocycles. The minimum atomic E-state index is -0.741. The summed E-state index contributed by atoms with van der Waals surface area (Å²) in [5, 5.41) is 11.8. The van der Waals surface area contributed by atoms with Crippen LogP contribution < -0.4 is 5.32 Å². The molecule has 186 valence electrons. The number of aromatic nitrogens is 6. The summed E-state index contributed by atoms with van der Waals surface area (Å²) in [6.45, 7) is 8.15. The quantitative estimate of drug-likeness (QED) is 0.236. The fraction of sp³-hybridized carbons (Fsp3) is 0.120. The number of carbonyl (C=O) groups excluding carboxylic acids is 2. The van der Waals surface area contributed by atoms with E-state index in [0.29, 0.717) is 59.2 Å². The molecule has 0 aromatic carbocycles. The van der Waals surface area contributed by atoms with Gasteiger partial charge < -0.3 is 10.2 Å². The van der Waals surface area contributed by atoms with Crippen LogP contribution in [0.5, 0.6) is 0 Å². The lowest BCUT2D eigenvalue weighted by atomic mass is 10.0. The third kappa shape index (κ3) is 4.63. The van der Waals surface area contributed by atoms with E-state index in [1.165, 1.54) is 28.9 Å². The Bertz CT molecular complexity index is 1600. The summed E-state index contributed by atoms with van der Waals surface area (Å²) in [6.07, 6.45) is 5.96. The maximum atomic E-state index is 13.6. The number of anilines is 1. The monoisotopic (exact) mass is 502 g/mol. The van der Waals surface area contributed by atoms with E-state index < -0.39 is 11.8 Å². The van der Waals surface area contributed by atoms with E-state index in [1.807, 2.05) is 0 Å². The summed E-state index contributed by atoms with van der Waals surface area (Å²) in [7, 11) is 0. The van der Waals surface area contributed by atoms with Crippen LogP contribution in [0.4, 0.5) is 14.6 Å². The van der Waals surface area contributed by atoms with Gasteiger partial charge in [0.15, 0.2) is 11.5 Å². The second-order valence-corrected chi connectivity index (χ2v) is 8.20. The number of fused-ring (bicyclic) bond motifs is 2. The van der Waals surface area contributed by atoms with Crippen LogP contribution in [0.25, 0.3) is 22.5 Å². The molecule has 5 rings (SSSR count). The van der Waals surface area contributed by atoms with E-state index in [2.05, 4.69) is 38.6 Å². The van der Waals surface area contributed by atoms with E-state index in [-0.39, 0.29) is 18.0 Å². The lowest BCUT2D eigenvalue weighted by Gasteiger charge is -2.28. The molecule has 37 heavy (non-hydrogen) atoms. The fourth-order valence-electron chi connectivity index (χ4n) is 4.12. The molecule has 1 aliphatic rings. The zero-order valence-electron chi connectivity index (χ0n) is 19.4. The second kappa shape index (κ2) is 9.57. The third-order valence-corrected chi connectivity index (χ3v) is 5.79. The van der Waals surface area contributed by atoms with Gasteiger partial charge in [0.2, 0.25) is 12.4 Å². The van der Waals surface area contributed by atoms with Crippen LogP contribution in [-0.4, -0.2) is 53.1 Å². The highest BCUT2D eigenvalue weighted by Crippen LogP contribution is 2.34. The van der Waals surface area contributed by atoms with Crippen LogP contribution in [0, 0.1) is 5.95 Å². The highest BCUT2D eigenvalue weighted by Gasteiger charge is 2.29. The minimum Gasteiger partial charge on any atom is -0.331 e. The summed E-state index contributed by atoms with van der Waals surface area (Å²) in [6, 6.07) is 6.01. The van der Waals surface area contributed by atoms with Gasteiger partial charge in [0.25, 0.3) is 5.91 Å². The highest BCUT2D eigenvalue weighted by molar-refractivity contribution is 5.94. The van der Waals surface area contributed by atoms with E-state index >= 15 is 0 Å². The largest absolute Gasteiger partial charge is 0.331 e. The lowest BCUT2D eigenvalue weighted by Crippen LogP contribution is -2.38. The van der Waals surface area contributed by atoms with E-state index in [4.69, 9.17) is 0 Å². The van der Waals surface area contributed by atoms with Gasteiger partial charge in [0, 0.05) is 24.4 Å². The van der Waals surface area contributed by atoms with Crippen LogP contribution in [0.3, 0.4) is 0 Å². The van der Waals surface area contributed by atoms with Crippen LogP contribution in [0.15, 0.2) is 67.8 Å². The van der Waals surface area contributed by atoms with Gasteiger partial charge in [-0.25, -0.2) is 18.9 Å². The Morgan fingerprint density at radius 3 is 2.73 bits per heavy atom. The van der Waals surface area contributed by atoms with Crippen molar-refractivity contribution >= 4 is 29.4 Å². The lowest BCUT2D eigenvalue weighted by molar-refractivity contribution is -0.105. The number of rotatable bonds is 7. The van der Waals surface area contributed by atoms with Crippen molar-refractivity contribution in [2.24, 2.45) is 0 Å². The number of allylic oxidation sites excluding steroid dienone is 4. The predicted octanol–water partition coefficient (Wildman–Crippen LogP) is 3.40. The van der Waals surface area contributed by atoms with Crippen LogP contribution in [-0.2, 0) is 17.9 Å². The topological polar surface area (TPSA) is 110 Å². The molecule has 1 aliphatic heterocycles. The average Bonchev–Trinajstić information content (AvgIpc) is 3.47. The van der Waals surface area contributed by atoms with Crippen molar-refractivity contribution < 1.29 is 18.4 Å². The normalized spacial score (nSPS) is 13.1. The van der Waals surface area contributed by atoms with Crippen LogP contribution in [0.2, 0.25) is 0 Å². The fourth-order valence-corrected chi connectivity index (χ4v) is 4.12. The molecule has 10 nitrogen and oxygen atoms in total. The first kappa shape index (κ1) is 23.7. The summed E-state index contributed by atoms with van der Waals surface area (Å²) < 4.78 is 30.2. The highest BCUT2D eigenvalue weighted by atomic mass is 19.1. The van der Waals surface area contributed by atoms with E-state index in [0.717, 1.165) is 6.07 Å². The molecule has 12 heteroatoms. The van der Waals surface area contributed by atoms with Gasteiger partial charge in [-0.3, -0.25) is 14.3 Å². The SMILES string of the molecule is C=C(F)/C=C\C(=C)c1nn2c(c1-c1ccc3nc(NC=O)cn3n1)CN(C(=O)c1ccnc(F)c1)CC2. The van der Waals surface area contributed by atoms with Crippen molar-refractivity contribution in [3.8, 4) is 11.3 Å². The first-order valence-electron chi connectivity index (χ1n) is 11.1. The molecule has 0 fully saturated rings. The number of nitrogens with zero attached hydrogens (tertiary/aromatic N) is 7. The first-order valence-corrected chi connectivity index (χ1v) is 11.1. The Morgan fingerprint density at radius 2 is 1.97 bits per heavy atom. The third-order valence-electron chi connectivity index (χ3n) is 5.79.